The van der Waals surface area contributed by atoms with Crippen molar-refractivity contribution in [3.63, 3.8) is 0 Å². The molecule has 4 heterocycles. The van der Waals surface area contributed by atoms with Crippen LogP contribution in [0.3, 0.4) is 0 Å². The highest BCUT2D eigenvalue weighted by atomic mass is 16.4. The predicted octanol–water partition coefficient (Wildman–Crippen LogP) is -0.453. The molecule has 112 valence electrons. The summed E-state index contributed by atoms with van der Waals surface area (Å²) in [6, 6.07) is -0.458. The molecule has 1 aromatic carbocycles. The summed E-state index contributed by atoms with van der Waals surface area (Å²) in [5.74, 6) is -0.692. The first-order valence-corrected chi connectivity index (χ1v) is 7.40. The van der Waals surface area contributed by atoms with Gasteiger partial charge in [-0.25, -0.2) is 4.79 Å². The highest BCUT2D eigenvalue weighted by Gasteiger charge is 2.41. The number of nitrogens with one attached hydrogen (secondary N) is 1. The molecule has 0 saturated carbocycles. The SMILES string of the molecule is O=C(O)[C@@H]1CC2=c3c(c(O)c4c5c3N1CCC5NCN=4)N=C2. The Bertz CT molecular complexity index is 889. The largest absolute Gasteiger partial charge is 0.504 e. The van der Waals surface area contributed by atoms with Crippen molar-refractivity contribution < 1.29 is 15.0 Å². The van der Waals surface area contributed by atoms with E-state index in [2.05, 4.69) is 15.3 Å². The first-order chi connectivity index (χ1) is 10.7. The van der Waals surface area contributed by atoms with E-state index in [1.54, 1.807) is 6.21 Å². The average molecular weight is 298 g/mol. The molecule has 0 saturated heterocycles. The van der Waals surface area contributed by atoms with Gasteiger partial charge in [-0.05, 0) is 12.0 Å². The molecule has 1 aromatic rings. The Morgan fingerprint density at radius 3 is 3.14 bits per heavy atom. The summed E-state index contributed by atoms with van der Waals surface area (Å²) in [7, 11) is 0. The second-order valence-corrected chi connectivity index (χ2v) is 6.08. The minimum absolute atomic E-state index is 0.115. The van der Waals surface area contributed by atoms with Crippen molar-refractivity contribution in [3.8, 4) is 5.75 Å². The van der Waals surface area contributed by atoms with Crippen LogP contribution in [-0.4, -0.2) is 41.7 Å². The fourth-order valence-corrected chi connectivity index (χ4v) is 4.11. The molecule has 3 N–H and O–H groups in total. The molecular formula is C15H14N4O3. The maximum Gasteiger partial charge on any atom is 0.326 e. The van der Waals surface area contributed by atoms with E-state index < -0.39 is 12.0 Å². The van der Waals surface area contributed by atoms with Gasteiger partial charge in [-0.2, -0.15) is 0 Å². The monoisotopic (exact) mass is 298 g/mol. The zero-order valence-electron chi connectivity index (χ0n) is 11.7. The summed E-state index contributed by atoms with van der Waals surface area (Å²) in [5, 5.41) is 24.9. The lowest BCUT2D eigenvalue weighted by molar-refractivity contribution is -0.138. The van der Waals surface area contributed by atoms with Gasteiger partial charge >= 0.3 is 5.97 Å². The number of carboxylic acid groups (broad SMARTS) is 1. The van der Waals surface area contributed by atoms with Gasteiger partial charge in [-0.1, -0.05) is 0 Å². The molecule has 0 fully saturated rings. The number of phenols is 1. The van der Waals surface area contributed by atoms with E-state index in [-0.39, 0.29) is 11.8 Å². The van der Waals surface area contributed by atoms with Crippen molar-refractivity contribution >= 4 is 29.1 Å². The molecule has 22 heavy (non-hydrogen) atoms. The van der Waals surface area contributed by atoms with Crippen LogP contribution in [0.4, 0.5) is 11.4 Å². The first-order valence-electron chi connectivity index (χ1n) is 7.40. The van der Waals surface area contributed by atoms with Crippen molar-refractivity contribution in [3.05, 3.63) is 16.1 Å². The third-order valence-electron chi connectivity index (χ3n) is 5.05. The molecule has 0 bridgehead atoms. The van der Waals surface area contributed by atoms with Crippen LogP contribution >= 0.6 is 0 Å². The van der Waals surface area contributed by atoms with E-state index in [0.717, 1.165) is 28.5 Å². The summed E-state index contributed by atoms with van der Waals surface area (Å²) >= 11 is 0. The zero-order chi connectivity index (χ0) is 15.0. The van der Waals surface area contributed by atoms with Crippen LogP contribution in [-0.2, 0) is 4.79 Å². The molecular weight excluding hydrogens is 284 g/mol. The van der Waals surface area contributed by atoms with Gasteiger partial charge in [0.05, 0.1) is 12.4 Å². The van der Waals surface area contributed by atoms with Crippen LogP contribution in [0.1, 0.15) is 24.4 Å². The molecule has 0 amide bonds. The Morgan fingerprint density at radius 1 is 1.45 bits per heavy atom. The zero-order valence-corrected chi connectivity index (χ0v) is 11.7. The number of carboxylic acids is 1. The van der Waals surface area contributed by atoms with Crippen molar-refractivity contribution in [2.75, 3.05) is 18.1 Å². The van der Waals surface area contributed by atoms with Gasteiger partial charge in [0.15, 0.2) is 5.75 Å². The molecule has 4 aliphatic rings. The average Bonchev–Trinajstić information content (AvgIpc) is 2.95. The quantitative estimate of drug-likeness (QED) is 0.652. The first kappa shape index (κ1) is 12.2. The van der Waals surface area contributed by atoms with Crippen LogP contribution in [0.15, 0.2) is 9.98 Å². The number of aromatic hydroxyl groups is 1. The Labute approximate surface area is 125 Å². The molecule has 4 aliphatic heterocycles. The second kappa shape index (κ2) is 3.86. The summed E-state index contributed by atoms with van der Waals surface area (Å²) < 4.78 is 0. The molecule has 7 nitrogen and oxygen atoms in total. The maximum atomic E-state index is 11.7. The van der Waals surface area contributed by atoms with E-state index in [4.69, 9.17) is 0 Å². The van der Waals surface area contributed by atoms with Crippen molar-refractivity contribution in [1.82, 2.24) is 5.32 Å². The van der Waals surface area contributed by atoms with Crippen LogP contribution in [0, 0.1) is 0 Å². The molecule has 0 radical (unpaired) electrons. The minimum Gasteiger partial charge on any atom is -0.504 e. The number of phenolic OH excluding ortho intramolecular Hbond substituents is 1. The number of nitrogens with zero attached hydrogens (tertiary/aromatic N) is 3. The van der Waals surface area contributed by atoms with E-state index in [0.29, 0.717) is 30.7 Å². The third kappa shape index (κ3) is 1.28. The molecule has 0 aromatic heterocycles. The van der Waals surface area contributed by atoms with Crippen LogP contribution < -0.4 is 20.8 Å². The number of benzene rings is 1. The minimum atomic E-state index is -0.819. The molecule has 5 rings (SSSR count). The van der Waals surface area contributed by atoms with Crippen molar-refractivity contribution in [1.29, 1.82) is 0 Å². The Hall–Kier alpha value is -2.41. The lowest BCUT2D eigenvalue weighted by atomic mass is 9.86. The number of carbonyl (C=O) groups is 1. The van der Waals surface area contributed by atoms with Crippen LogP contribution in [0.5, 0.6) is 5.75 Å². The Kier molecular flexibility index (Phi) is 2.14. The van der Waals surface area contributed by atoms with Crippen molar-refractivity contribution in [2.24, 2.45) is 9.98 Å². The number of hydrogen-bond acceptors (Lipinski definition) is 6. The highest BCUT2D eigenvalue weighted by molar-refractivity contribution is 6.11. The molecule has 0 spiro atoms. The van der Waals surface area contributed by atoms with Gasteiger partial charge in [0.1, 0.15) is 17.1 Å². The van der Waals surface area contributed by atoms with Crippen LogP contribution in [0.2, 0.25) is 0 Å². The summed E-state index contributed by atoms with van der Waals surface area (Å²) in [6.45, 7) is 1.15. The number of aliphatic imine (C=N–C) groups is 1. The molecule has 2 atom stereocenters. The third-order valence-corrected chi connectivity index (χ3v) is 5.05. The lowest BCUT2D eigenvalue weighted by Crippen LogP contribution is -2.53. The summed E-state index contributed by atoms with van der Waals surface area (Å²) in [5.41, 5.74) is 3.28. The van der Waals surface area contributed by atoms with Crippen LogP contribution in [0.25, 0.3) is 5.57 Å². The Morgan fingerprint density at radius 2 is 2.32 bits per heavy atom. The summed E-state index contributed by atoms with van der Waals surface area (Å²) in [6.07, 6.45) is 2.93. The van der Waals surface area contributed by atoms with Gasteiger partial charge in [-0.15, -0.1) is 0 Å². The van der Waals surface area contributed by atoms with E-state index in [1.807, 2.05) is 4.90 Å². The van der Waals surface area contributed by atoms with Gasteiger partial charge in [0, 0.05) is 36.0 Å². The highest BCUT2D eigenvalue weighted by Crippen LogP contribution is 2.41. The molecule has 1 unspecified atom stereocenters. The van der Waals surface area contributed by atoms with Gasteiger partial charge in [0.25, 0.3) is 0 Å². The van der Waals surface area contributed by atoms with E-state index in [1.165, 1.54) is 0 Å². The fraction of sp³-hybridized carbons (Fsp3) is 0.400. The summed E-state index contributed by atoms with van der Waals surface area (Å²) in [4.78, 5) is 22.4. The van der Waals surface area contributed by atoms with E-state index in [9.17, 15) is 15.0 Å². The van der Waals surface area contributed by atoms with Crippen molar-refractivity contribution in [2.45, 2.75) is 24.9 Å². The van der Waals surface area contributed by atoms with E-state index >= 15 is 0 Å². The molecule has 7 heteroatoms. The maximum absolute atomic E-state index is 11.7. The van der Waals surface area contributed by atoms with Gasteiger partial charge in [0.2, 0.25) is 0 Å². The predicted molar refractivity (Wildman–Crippen MR) is 79.2 cm³/mol. The fourth-order valence-electron chi connectivity index (χ4n) is 4.11. The lowest BCUT2D eigenvalue weighted by Gasteiger charge is -2.42. The standard InChI is InChI=1S/C15H14N4O3/c20-14-11-9-6(4-16-11)3-8(15(21)22)19-2-1-7-10(13(9)19)12(14)18-5-17-7/h4,7-8,17,20H,1-3,5H2,(H,21,22)/t7?,8-/m0/s1. The van der Waals surface area contributed by atoms with Gasteiger partial charge in [-0.3, -0.25) is 15.3 Å². The Balaban J connectivity index is 1.95. The second-order valence-electron chi connectivity index (χ2n) is 6.08. The number of rotatable bonds is 1. The molecule has 0 aliphatic carbocycles. The topological polar surface area (TPSA) is 97.5 Å². The number of aliphatic carboxylic acids is 1. The van der Waals surface area contributed by atoms with Gasteiger partial charge < -0.3 is 15.1 Å². The smallest absolute Gasteiger partial charge is 0.326 e. The number of hydrogen-bond donors (Lipinski definition) is 3. The number of anilines is 1. The normalized spacial score (nSPS) is 26.7.